The van der Waals surface area contributed by atoms with E-state index in [0.29, 0.717) is 22.3 Å². The fourth-order valence-corrected chi connectivity index (χ4v) is 4.54. The fraction of sp³-hybridized carbons (Fsp3) is 0.231. The lowest BCUT2D eigenvalue weighted by molar-refractivity contribution is 0.300. The Bertz CT molecular complexity index is 728. The SMILES string of the molecule is COc1ccc(Br)c(NS(=O)(=O)c2ccc(CCO)s2)c1. The van der Waals surface area contributed by atoms with Gasteiger partial charge in [0.15, 0.2) is 0 Å². The minimum Gasteiger partial charge on any atom is -0.497 e. The van der Waals surface area contributed by atoms with Gasteiger partial charge in [-0.2, -0.15) is 0 Å². The summed E-state index contributed by atoms with van der Waals surface area (Å²) in [5, 5.41) is 8.88. The molecule has 0 bridgehead atoms. The van der Waals surface area contributed by atoms with E-state index in [1.807, 2.05) is 0 Å². The van der Waals surface area contributed by atoms with Gasteiger partial charge < -0.3 is 9.84 Å². The molecule has 1 heterocycles. The number of rotatable bonds is 6. The third-order valence-corrected chi connectivity index (χ3v) is 6.37. The van der Waals surface area contributed by atoms with Gasteiger partial charge in [0.1, 0.15) is 9.96 Å². The van der Waals surface area contributed by atoms with E-state index >= 15 is 0 Å². The summed E-state index contributed by atoms with van der Waals surface area (Å²) in [4.78, 5) is 0.822. The smallest absolute Gasteiger partial charge is 0.271 e. The Kier molecular flexibility index (Phi) is 5.26. The van der Waals surface area contributed by atoms with Crippen molar-refractivity contribution in [3.05, 3.63) is 39.7 Å². The van der Waals surface area contributed by atoms with Crippen molar-refractivity contribution in [1.29, 1.82) is 0 Å². The third kappa shape index (κ3) is 3.97. The maximum Gasteiger partial charge on any atom is 0.271 e. The number of hydrogen-bond acceptors (Lipinski definition) is 5. The minimum absolute atomic E-state index is 0.00510. The number of nitrogens with one attached hydrogen (secondary N) is 1. The van der Waals surface area contributed by atoms with Crippen LogP contribution >= 0.6 is 27.3 Å². The van der Waals surface area contributed by atoms with Crippen molar-refractivity contribution in [2.24, 2.45) is 0 Å². The number of anilines is 1. The Labute approximate surface area is 135 Å². The van der Waals surface area contributed by atoms with Crippen LogP contribution in [-0.2, 0) is 16.4 Å². The van der Waals surface area contributed by atoms with Crippen LogP contribution in [0.4, 0.5) is 5.69 Å². The van der Waals surface area contributed by atoms with Crippen molar-refractivity contribution in [3.63, 3.8) is 0 Å². The zero-order valence-corrected chi connectivity index (χ0v) is 14.4. The van der Waals surface area contributed by atoms with Gasteiger partial charge in [-0.1, -0.05) is 0 Å². The first kappa shape index (κ1) is 16.3. The molecule has 0 aliphatic heterocycles. The maximum atomic E-state index is 12.3. The van der Waals surface area contributed by atoms with Gasteiger partial charge in [-0.3, -0.25) is 4.72 Å². The average Bonchev–Trinajstić information content (AvgIpc) is 2.91. The van der Waals surface area contributed by atoms with E-state index in [9.17, 15) is 8.42 Å². The molecule has 0 unspecified atom stereocenters. The number of halogens is 1. The van der Waals surface area contributed by atoms with Crippen molar-refractivity contribution >= 4 is 43.0 Å². The summed E-state index contributed by atoms with van der Waals surface area (Å²) in [6.45, 7) is -0.00510. The van der Waals surface area contributed by atoms with Crippen LogP contribution in [0.5, 0.6) is 5.75 Å². The molecule has 114 valence electrons. The van der Waals surface area contributed by atoms with Crippen molar-refractivity contribution in [2.75, 3.05) is 18.4 Å². The van der Waals surface area contributed by atoms with Crippen LogP contribution in [0.25, 0.3) is 0 Å². The van der Waals surface area contributed by atoms with Crippen LogP contribution in [0, 0.1) is 0 Å². The van der Waals surface area contributed by atoms with Gasteiger partial charge in [-0.05, 0) is 40.2 Å². The summed E-state index contributed by atoms with van der Waals surface area (Å²) in [6.07, 6.45) is 0.447. The summed E-state index contributed by atoms with van der Waals surface area (Å²) in [6, 6.07) is 8.28. The van der Waals surface area contributed by atoms with E-state index in [-0.39, 0.29) is 10.8 Å². The quantitative estimate of drug-likeness (QED) is 0.793. The molecule has 1 aromatic heterocycles. The molecule has 0 amide bonds. The van der Waals surface area contributed by atoms with E-state index in [1.165, 1.54) is 13.2 Å². The normalized spacial score (nSPS) is 11.4. The monoisotopic (exact) mass is 391 g/mol. The second-order valence-electron chi connectivity index (χ2n) is 4.15. The Balaban J connectivity index is 2.28. The number of thiophene rings is 1. The summed E-state index contributed by atoms with van der Waals surface area (Å²) in [7, 11) is -2.14. The van der Waals surface area contributed by atoms with Crippen LogP contribution in [-0.4, -0.2) is 27.2 Å². The maximum absolute atomic E-state index is 12.3. The lowest BCUT2D eigenvalue weighted by atomic mass is 10.3. The number of ether oxygens (including phenoxy) is 1. The number of hydrogen-bond donors (Lipinski definition) is 2. The topological polar surface area (TPSA) is 75.6 Å². The molecule has 21 heavy (non-hydrogen) atoms. The summed E-state index contributed by atoms with van der Waals surface area (Å²) < 4.78 is 33.1. The highest BCUT2D eigenvalue weighted by Gasteiger charge is 2.18. The molecule has 8 heteroatoms. The Morgan fingerprint density at radius 2 is 2.10 bits per heavy atom. The standard InChI is InChI=1S/C13H14BrNO4S2/c1-19-9-2-4-11(14)12(8-9)15-21(17,18)13-5-3-10(20-13)6-7-16/h2-5,8,15-16H,6-7H2,1H3. The largest absolute Gasteiger partial charge is 0.497 e. The number of aliphatic hydroxyl groups excluding tert-OH is 1. The highest BCUT2D eigenvalue weighted by Crippen LogP contribution is 2.30. The molecular weight excluding hydrogens is 378 g/mol. The van der Waals surface area contributed by atoms with Gasteiger partial charge in [0, 0.05) is 28.4 Å². The Morgan fingerprint density at radius 1 is 1.33 bits per heavy atom. The van der Waals surface area contributed by atoms with Gasteiger partial charge in [-0.25, -0.2) is 8.42 Å². The van der Waals surface area contributed by atoms with Crippen molar-refractivity contribution in [3.8, 4) is 5.75 Å². The molecule has 2 N–H and O–H groups in total. The van der Waals surface area contributed by atoms with E-state index in [1.54, 1.807) is 24.3 Å². The van der Waals surface area contributed by atoms with Crippen LogP contribution in [0.2, 0.25) is 0 Å². The van der Waals surface area contributed by atoms with Crippen LogP contribution in [0.1, 0.15) is 4.88 Å². The summed E-state index contributed by atoms with van der Waals surface area (Å²) in [5.74, 6) is 0.558. The molecule has 5 nitrogen and oxygen atoms in total. The molecule has 1 aromatic carbocycles. The van der Waals surface area contributed by atoms with E-state index in [0.717, 1.165) is 16.2 Å². The molecule has 2 rings (SSSR count). The molecule has 0 fully saturated rings. The van der Waals surface area contributed by atoms with Crippen molar-refractivity contribution in [2.45, 2.75) is 10.6 Å². The first-order valence-corrected chi connectivity index (χ1v) is 9.11. The van der Waals surface area contributed by atoms with E-state index < -0.39 is 10.0 Å². The highest BCUT2D eigenvalue weighted by molar-refractivity contribution is 9.10. The molecule has 0 saturated heterocycles. The molecule has 0 saturated carbocycles. The van der Waals surface area contributed by atoms with Gasteiger partial charge in [0.25, 0.3) is 10.0 Å². The average molecular weight is 392 g/mol. The zero-order chi connectivity index (χ0) is 15.5. The van der Waals surface area contributed by atoms with Gasteiger partial charge >= 0.3 is 0 Å². The lowest BCUT2D eigenvalue weighted by Crippen LogP contribution is -2.11. The molecule has 0 spiro atoms. The second-order valence-corrected chi connectivity index (χ2v) is 8.08. The number of benzene rings is 1. The highest BCUT2D eigenvalue weighted by atomic mass is 79.9. The molecular formula is C13H14BrNO4S2. The van der Waals surface area contributed by atoms with Crippen LogP contribution in [0.3, 0.4) is 0 Å². The first-order chi connectivity index (χ1) is 9.96. The first-order valence-electron chi connectivity index (χ1n) is 6.02. The summed E-state index contributed by atoms with van der Waals surface area (Å²) in [5.41, 5.74) is 0.409. The van der Waals surface area contributed by atoms with Crippen molar-refractivity contribution in [1.82, 2.24) is 0 Å². The van der Waals surface area contributed by atoms with Crippen LogP contribution < -0.4 is 9.46 Å². The molecule has 0 aliphatic carbocycles. The number of aliphatic hydroxyl groups is 1. The molecule has 0 atom stereocenters. The van der Waals surface area contributed by atoms with Crippen molar-refractivity contribution < 1.29 is 18.3 Å². The number of sulfonamides is 1. The van der Waals surface area contributed by atoms with Gasteiger partial charge in [0.05, 0.1) is 12.8 Å². The molecule has 2 aromatic rings. The van der Waals surface area contributed by atoms with Gasteiger partial charge in [-0.15, -0.1) is 11.3 Å². The summed E-state index contributed by atoms with van der Waals surface area (Å²) >= 11 is 4.45. The Hall–Kier alpha value is -1.09. The van der Waals surface area contributed by atoms with E-state index in [4.69, 9.17) is 9.84 Å². The third-order valence-electron chi connectivity index (χ3n) is 2.68. The fourth-order valence-electron chi connectivity index (χ4n) is 1.65. The lowest BCUT2D eigenvalue weighted by Gasteiger charge is -2.10. The van der Waals surface area contributed by atoms with E-state index in [2.05, 4.69) is 20.7 Å². The number of methoxy groups -OCH3 is 1. The minimum atomic E-state index is -3.66. The second kappa shape index (κ2) is 6.78. The van der Waals surface area contributed by atoms with Crippen LogP contribution in [0.15, 0.2) is 39.0 Å². The molecule has 0 aliphatic rings. The predicted octanol–water partition coefficient (Wildman–Crippen LogP) is 2.85. The van der Waals surface area contributed by atoms with Gasteiger partial charge in [0.2, 0.25) is 0 Å². The predicted molar refractivity (Wildman–Crippen MR) is 86.6 cm³/mol. The Morgan fingerprint density at radius 3 is 2.76 bits per heavy atom. The molecule has 0 radical (unpaired) electrons. The zero-order valence-electron chi connectivity index (χ0n) is 11.2.